The Labute approximate surface area is 145 Å². The van der Waals surface area contributed by atoms with Crippen molar-refractivity contribution in [3.05, 3.63) is 47.3 Å². The molecule has 1 heterocycles. The highest BCUT2D eigenvalue weighted by molar-refractivity contribution is 5.86. The van der Waals surface area contributed by atoms with E-state index in [1.807, 2.05) is 26.0 Å². The average Bonchev–Trinajstić information content (AvgIpc) is 3.02. The van der Waals surface area contributed by atoms with E-state index in [1.54, 1.807) is 20.0 Å². The molecule has 25 heavy (non-hydrogen) atoms. The van der Waals surface area contributed by atoms with Gasteiger partial charge < -0.3 is 9.84 Å². The van der Waals surface area contributed by atoms with Gasteiger partial charge >= 0.3 is 0 Å². The van der Waals surface area contributed by atoms with Crippen molar-refractivity contribution in [1.29, 1.82) is 0 Å². The van der Waals surface area contributed by atoms with E-state index in [0.717, 1.165) is 11.1 Å². The minimum absolute atomic E-state index is 0.328. The molecule has 2 amide bonds. The highest BCUT2D eigenvalue weighted by Gasteiger charge is 2.21. The van der Waals surface area contributed by atoms with Crippen molar-refractivity contribution in [3.8, 4) is 5.75 Å². The zero-order valence-electron chi connectivity index (χ0n) is 14.6. The summed E-state index contributed by atoms with van der Waals surface area (Å²) >= 11 is 0. The number of carbonyl (C=O) groups excluding carboxylic acids is 2. The molecule has 0 radical (unpaired) electrons. The van der Waals surface area contributed by atoms with Crippen LogP contribution in [0, 0.1) is 13.8 Å². The van der Waals surface area contributed by atoms with Crippen LogP contribution in [-0.2, 0) is 16.6 Å². The van der Waals surface area contributed by atoms with E-state index in [1.165, 1.54) is 17.1 Å². The van der Waals surface area contributed by atoms with Crippen molar-refractivity contribution in [2.75, 3.05) is 0 Å². The molecular weight excluding hydrogens is 324 g/mol. The zero-order valence-corrected chi connectivity index (χ0v) is 14.6. The number of benzene rings is 1. The first-order chi connectivity index (χ1) is 11.8. The molecular formula is C17H22N4O4. The first-order valence-corrected chi connectivity index (χ1v) is 7.78. The number of hydrogen-bond donors (Lipinski definition) is 3. The second kappa shape index (κ2) is 7.80. The molecule has 2 rings (SSSR count). The maximum atomic E-state index is 12.1. The molecule has 8 heteroatoms. The van der Waals surface area contributed by atoms with E-state index in [4.69, 9.17) is 4.74 Å². The van der Waals surface area contributed by atoms with Crippen LogP contribution in [0.4, 0.5) is 0 Å². The number of aliphatic hydroxyl groups excluding tert-OH is 1. The average molecular weight is 346 g/mol. The van der Waals surface area contributed by atoms with Crippen LogP contribution in [0.25, 0.3) is 0 Å². The number of nitrogens with zero attached hydrogens (tertiary/aromatic N) is 2. The van der Waals surface area contributed by atoms with Gasteiger partial charge in [-0.2, -0.15) is 5.10 Å². The quantitative estimate of drug-likeness (QED) is 0.691. The summed E-state index contributed by atoms with van der Waals surface area (Å²) in [7, 11) is 1.67. The van der Waals surface area contributed by atoms with Gasteiger partial charge in [-0.05, 0) is 38.0 Å². The number of rotatable bonds is 5. The summed E-state index contributed by atoms with van der Waals surface area (Å²) in [4.78, 5) is 23.9. The molecule has 0 aliphatic rings. The van der Waals surface area contributed by atoms with Crippen LogP contribution >= 0.6 is 0 Å². The van der Waals surface area contributed by atoms with Crippen molar-refractivity contribution >= 4 is 11.8 Å². The molecule has 0 saturated carbocycles. The molecule has 0 aliphatic heterocycles. The zero-order chi connectivity index (χ0) is 18.6. The molecule has 2 atom stereocenters. The molecule has 0 fully saturated rings. The Hall–Kier alpha value is -2.87. The van der Waals surface area contributed by atoms with Gasteiger partial charge in [-0.25, -0.2) is 0 Å². The lowest BCUT2D eigenvalue weighted by atomic mass is 10.1. The third-order valence-electron chi connectivity index (χ3n) is 3.83. The summed E-state index contributed by atoms with van der Waals surface area (Å²) in [6, 6.07) is 5.57. The van der Waals surface area contributed by atoms with Crippen LogP contribution in [0.15, 0.2) is 30.6 Å². The second-order valence-electron chi connectivity index (χ2n) is 5.79. The number of aliphatic hydroxyl groups is 1. The van der Waals surface area contributed by atoms with Gasteiger partial charge in [-0.1, -0.05) is 12.1 Å². The fraction of sp³-hybridized carbons (Fsp3) is 0.353. The molecule has 0 saturated heterocycles. The van der Waals surface area contributed by atoms with Crippen LogP contribution in [-0.4, -0.2) is 32.8 Å². The largest absolute Gasteiger partial charge is 0.481 e. The first kappa shape index (κ1) is 18.5. The maximum Gasteiger partial charge on any atom is 0.279 e. The van der Waals surface area contributed by atoms with Crippen LogP contribution in [0.1, 0.15) is 29.7 Å². The SMILES string of the molecule is Cc1cccc(OC(C)C(=O)NNC(=O)C(O)c2cnn(C)c2)c1C. The van der Waals surface area contributed by atoms with Gasteiger partial charge in [-0.3, -0.25) is 25.1 Å². The van der Waals surface area contributed by atoms with Crippen LogP contribution < -0.4 is 15.6 Å². The van der Waals surface area contributed by atoms with Gasteiger partial charge in [0.1, 0.15) is 5.75 Å². The molecule has 8 nitrogen and oxygen atoms in total. The van der Waals surface area contributed by atoms with Crippen LogP contribution in [0.5, 0.6) is 5.75 Å². The minimum atomic E-state index is -1.43. The normalized spacial score (nSPS) is 13.0. The Kier molecular flexibility index (Phi) is 5.76. The standard InChI is InChI=1S/C17H22N4O4/c1-10-6-5-7-14(11(10)2)25-12(3)16(23)19-20-17(24)15(22)13-8-18-21(4)9-13/h5-9,12,15,22H,1-4H3,(H,19,23)(H,20,24). The van der Waals surface area contributed by atoms with E-state index in [2.05, 4.69) is 16.0 Å². The summed E-state index contributed by atoms with van der Waals surface area (Å²) in [5.41, 5.74) is 6.74. The molecule has 0 bridgehead atoms. The van der Waals surface area contributed by atoms with E-state index in [9.17, 15) is 14.7 Å². The number of hydrazine groups is 1. The van der Waals surface area contributed by atoms with Gasteiger partial charge in [0.05, 0.1) is 6.20 Å². The summed E-state index contributed by atoms with van der Waals surface area (Å²) in [6.45, 7) is 5.43. The fourth-order valence-electron chi connectivity index (χ4n) is 2.12. The van der Waals surface area contributed by atoms with Gasteiger partial charge in [0.15, 0.2) is 12.2 Å². The Morgan fingerprint density at radius 3 is 2.56 bits per heavy atom. The summed E-state index contributed by atoms with van der Waals surface area (Å²) in [5, 5.41) is 13.8. The van der Waals surface area contributed by atoms with E-state index in [0.29, 0.717) is 11.3 Å². The van der Waals surface area contributed by atoms with E-state index < -0.39 is 24.0 Å². The molecule has 2 aromatic rings. The maximum absolute atomic E-state index is 12.1. The Balaban J connectivity index is 1.88. The Morgan fingerprint density at radius 2 is 1.92 bits per heavy atom. The molecule has 3 N–H and O–H groups in total. The number of amides is 2. The minimum Gasteiger partial charge on any atom is -0.481 e. The van der Waals surface area contributed by atoms with E-state index >= 15 is 0 Å². The highest BCUT2D eigenvalue weighted by Crippen LogP contribution is 2.21. The Bertz CT molecular complexity index is 772. The predicted molar refractivity (Wildman–Crippen MR) is 90.5 cm³/mol. The molecule has 0 aliphatic carbocycles. The smallest absolute Gasteiger partial charge is 0.279 e. The lowest BCUT2D eigenvalue weighted by molar-refractivity contribution is -0.136. The number of nitrogens with one attached hydrogen (secondary N) is 2. The number of carbonyl (C=O) groups is 2. The van der Waals surface area contributed by atoms with Crippen molar-refractivity contribution < 1.29 is 19.4 Å². The van der Waals surface area contributed by atoms with Crippen LogP contribution in [0.2, 0.25) is 0 Å². The topological polar surface area (TPSA) is 105 Å². The fourth-order valence-corrected chi connectivity index (χ4v) is 2.12. The molecule has 2 unspecified atom stereocenters. The highest BCUT2D eigenvalue weighted by atomic mass is 16.5. The van der Waals surface area contributed by atoms with Gasteiger partial charge in [0.25, 0.3) is 11.8 Å². The van der Waals surface area contributed by atoms with Crippen molar-refractivity contribution in [3.63, 3.8) is 0 Å². The predicted octanol–water partition coefficient (Wildman–Crippen LogP) is 0.685. The number of aryl methyl sites for hydroxylation is 2. The molecule has 1 aromatic carbocycles. The molecule has 0 spiro atoms. The van der Waals surface area contributed by atoms with Crippen molar-refractivity contribution in [2.45, 2.75) is 33.0 Å². The van der Waals surface area contributed by atoms with Gasteiger partial charge in [0, 0.05) is 18.8 Å². The van der Waals surface area contributed by atoms with Crippen LogP contribution in [0.3, 0.4) is 0 Å². The lowest BCUT2D eigenvalue weighted by Crippen LogP contribution is -2.48. The van der Waals surface area contributed by atoms with Crippen molar-refractivity contribution in [2.24, 2.45) is 7.05 Å². The van der Waals surface area contributed by atoms with E-state index in [-0.39, 0.29) is 0 Å². The number of aromatic nitrogens is 2. The Morgan fingerprint density at radius 1 is 1.24 bits per heavy atom. The third kappa shape index (κ3) is 4.57. The second-order valence-corrected chi connectivity index (χ2v) is 5.79. The third-order valence-corrected chi connectivity index (χ3v) is 3.83. The van der Waals surface area contributed by atoms with Crippen molar-refractivity contribution in [1.82, 2.24) is 20.6 Å². The lowest BCUT2D eigenvalue weighted by Gasteiger charge is -2.18. The van der Waals surface area contributed by atoms with Gasteiger partial charge in [0.2, 0.25) is 0 Å². The molecule has 1 aromatic heterocycles. The monoisotopic (exact) mass is 346 g/mol. The first-order valence-electron chi connectivity index (χ1n) is 7.78. The summed E-state index contributed by atoms with van der Waals surface area (Å²) in [6.07, 6.45) is 0.636. The molecule has 134 valence electrons. The summed E-state index contributed by atoms with van der Waals surface area (Å²) in [5.74, 6) is -0.697. The number of hydrogen-bond acceptors (Lipinski definition) is 5. The summed E-state index contributed by atoms with van der Waals surface area (Å²) < 4.78 is 7.09. The van der Waals surface area contributed by atoms with Gasteiger partial charge in [-0.15, -0.1) is 0 Å². The number of ether oxygens (including phenoxy) is 1.